The highest BCUT2D eigenvalue weighted by Gasteiger charge is 2.38. The summed E-state index contributed by atoms with van der Waals surface area (Å²) in [6, 6.07) is 18.3. The van der Waals surface area contributed by atoms with Crippen LogP contribution < -0.4 is 0 Å². The highest BCUT2D eigenvalue weighted by molar-refractivity contribution is 5.90. The Morgan fingerprint density at radius 3 is 2.58 bits per heavy atom. The Labute approximate surface area is 195 Å². The third-order valence-electron chi connectivity index (χ3n) is 6.29. The van der Waals surface area contributed by atoms with Gasteiger partial charge in [-0.15, -0.1) is 5.10 Å². The molecule has 33 heavy (non-hydrogen) atoms. The normalized spacial score (nSPS) is 18.7. The van der Waals surface area contributed by atoms with E-state index >= 15 is 0 Å². The number of aromatic nitrogens is 3. The van der Waals surface area contributed by atoms with E-state index < -0.39 is 5.60 Å². The number of aryl methyl sites for hydroxylation is 1. The van der Waals surface area contributed by atoms with E-state index in [2.05, 4.69) is 47.0 Å². The van der Waals surface area contributed by atoms with Gasteiger partial charge in [0.2, 0.25) is 5.82 Å². The molecule has 2 aromatic carbocycles. The number of nitrogens with zero attached hydrogens (tertiary/aromatic N) is 5. The molecule has 7 nitrogen and oxygen atoms in total. The molecular weight excluding hydrogens is 414 g/mol. The van der Waals surface area contributed by atoms with Crippen LogP contribution in [0.4, 0.5) is 0 Å². The summed E-state index contributed by atoms with van der Waals surface area (Å²) >= 11 is 0. The molecule has 1 saturated heterocycles. The number of β-amino-alcohol motifs (C(OH)–C–C–N with tert-alkyl or cyclic N) is 1. The molecule has 1 aromatic heterocycles. The van der Waals surface area contributed by atoms with Gasteiger partial charge in [-0.05, 0) is 36.5 Å². The van der Waals surface area contributed by atoms with Gasteiger partial charge in [0.1, 0.15) is 5.82 Å². The predicted molar refractivity (Wildman–Crippen MR) is 128 cm³/mol. The van der Waals surface area contributed by atoms with Crippen LogP contribution in [0.25, 0.3) is 5.69 Å². The number of likely N-dealkylation sites (tertiary alicyclic amines) is 1. The fourth-order valence-corrected chi connectivity index (χ4v) is 4.61. The number of amides is 1. The highest BCUT2D eigenvalue weighted by Crippen LogP contribution is 2.25. The zero-order valence-electron chi connectivity index (χ0n) is 19.9. The van der Waals surface area contributed by atoms with E-state index in [0.717, 1.165) is 24.3 Å². The smallest absolute Gasteiger partial charge is 0.293 e. The van der Waals surface area contributed by atoms with Crippen LogP contribution in [0.15, 0.2) is 54.6 Å². The highest BCUT2D eigenvalue weighted by atomic mass is 16.3. The number of rotatable bonds is 7. The first-order chi connectivity index (χ1) is 15.8. The molecule has 0 saturated carbocycles. The lowest BCUT2D eigenvalue weighted by Crippen LogP contribution is -2.46. The van der Waals surface area contributed by atoms with Gasteiger partial charge in [0.25, 0.3) is 5.91 Å². The lowest BCUT2D eigenvalue weighted by Gasteiger charge is -2.28. The van der Waals surface area contributed by atoms with Crippen molar-refractivity contribution in [3.63, 3.8) is 0 Å². The molecular formula is C26H33N5O2. The Balaban J connectivity index is 1.44. The summed E-state index contributed by atoms with van der Waals surface area (Å²) in [6.07, 6.45) is 0.625. The van der Waals surface area contributed by atoms with E-state index in [1.54, 1.807) is 16.6 Å². The zero-order chi connectivity index (χ0) is 23.6. The fraction of sp³-hybridized carbons (Fsp3) is 0.423. The molecule has 1 aliphatic heterocycles. The summed E-state index contributed by atoms with van der Waals surface area (Å²) in [7, 11) is 1.71. The topological polar surface area (TPSA) is 74.5 Å². The number of carbonyl (C=O) groups excluding carboxylic acids is 1. The van der Waals surface area contributed by atoms with E-state index in [1.807, 2.05) is 43.3 Å². The van der Waals surface area contributed by atoms with Crippen LogP contribution in [-0.2, 0) is 6.54 Å². The van der Waals surface area contributed by atoms with Crippen molar-refractivity contribution in [2.24, 2.45) is 0 Å². The van der Waals surface area contributed by atoms with Crippen LogP contribution in [-0.4, -0.2) is 67.9 Å². The number of likely N-dealkylation sites (N-methyl/N-ethyl adjacent to an activating group) is 1. The summed E-state index contributed by atoms with van der Waals surface area (Å²) < 4.78 is 1.74. The molecule has 1 atom stereocenters. The third-order valence-corrected chi connectivity index (χ3v) is 6.29. The molecule has 0 spiro atoms. The Morgan fingerprint density at radius 2 is 1.85 bits per heavy atom. The molecule has 7 heteroatoms. The average molecular weight is 448 g/mol. The third kappa shape index (κ3) is 5.15. The number of hydrogen-bond donors (Lipinski definition) is 1. The molecule has 1 amide bonds. The molecule has 0 radical (unpaired) electrons. The number of benzene rings is 2. The van der Waals surface area contributed by atoms with Gasteiger partial charge in [-0.1, -0.05) is 62.4 Å². The Morgan fingerprint density at radius 1 is 1.15 bits per heavy atom. The number of carbonyl (C=O) groups is 1. The molecule has 4 rings (SSSR count). The summed E-state index contributed by atoms with van der Waals surface area (Å²) in [6.45, 7) is 8.48. The Hall–Kier alpha value is -3.03. The lowest BCUT2D eigenvalue weighted by molar-refractivity contribution is 0.0166. The van der Waals surface area contributed by atoms with E-state index in [4.69, 9.17) is 0 Å². The van der Waals surface area contributed by atoms with Crippen LogP contribution in [0.2, 0.25) is 0 Å². The van der Waals surface area contributed by atoms with Crippen molar-refractivity contribution in [3.05, 3.63) is 77.4 Å². The first-order valence-corrected chi connectivity index (χ1v) is 11.5. The molecule has 2 heterocycles. The Bertz CT molecular complexity index is 1110. The van der Waals surface area contributed by atoms with Crippen molar-refractivity contribution in [2.45, 2.75) is 45.3 Å². The molecule has 0 bridgehead atoms. The van der Waals surface area contributed by atoms with Crippen molar-refractivity contribution in [1.82, 2.24) is 24.6 Å². The van der Waals surface area contributed by atoms with E-state index in [-0.39, 0.29) is 18.3 Å². The van der Waals surface area contributed by atoms with Gasteiger partial charge in [0, 0.05) is 26.7 Å². The van der Waals surface area contributed by atoms with Crippen molar-refractivity contribution >= 4 is 5.91 Å². The summed E-state index contributed by atoms with van der Waals surface area (Å²) in [5.41, 5.74) is 2.36. The van der Waals surface area contributed by atoms with Gasteiger partial charge in [-0.25, -0.2) is 9.67 Å². The van der Waals surface area contributed by atoms with Crippen LogP contribution in [0.3, 0.4) is 0 Å². The minimum atomic E-state index is -0.943. The van der Waals surface area contributed by atoms with Crippen molar-refractivity contribution in [1.29, 1.82) is 0 Å². The molecule has 1 N–H and O–H groups in total. The minimum absolute atomic E-state index is 0.149. The van der Waals surface area contributed by atoms with Crippen LogP contribution in [0.1, 0.15) is 53.8 Å². The maximum Gasteiger partial charge on any atom is 0.293 e. The number of hydrogen-bond acceptors (Lipinski definition) is 5. The monoisotopic (exact) mass is 447 g/mol. The Kier molecular flexibility index (Phi) is 6.63. The second kappa shape index (κ2) is 9.45. The van der Waals surface area contributed by atoms with E-state index in [0.29, 0.717) is 24.7 Å². The zero-order valence-corrected chi connectivity index (χ0v) is 19.9. The molecule has 1 aliphatic rings. The summed E-state index contributed by atoms with van der Waals surface area (Å²) in [5.74, 6) is 0.848. The fourth-order valence-electron chi connectivity index (χ4n) is 4.61. The number of aliphatic hydroxyl groups is 1. The standard InChI is InChI=1S/C26H33N5O2/c1-19(2)22-12-8-9-13-23(22)31-20(3)27-24(28-31)25(32)29(4)17-26(33)14-15-30(18-26)16-21-10-6-5-7-11-21/h5-13,19,33H,14-18H2,1-4H3/t26-/m0/s1. The first kappa shape index (κ1) is 23.1. The van der Waals surface area contributed by atoms with Gasteiger partial charge < -0.3 is 10.0 Å². The van der Waals surface area contributed by atoms with Crippen molar-refractivity contribution in [2.75, 3.05) is 26.7 Å². The van der Waals surface area contributed by atoms with Crippen LogP contribution in [0.5, 0.6) is 0 Å². The van der Waals surface area contributed by atoms with Gasteiger partial charge in [0.05, 0.1) is 17.8 Å². The average Bonchev–Trinajstić information content (AvgIpc) is 3.36. The predicted octanol–water partition coefficient (Wildman–Crippen LogP) is 3.41. The van der Waals surface area contributed by atoms with E-state index in [9.17, 15) is 9.90 Å². The minimum Gasteiger partial charge on any atom is -0.387 e. The van der Waals surface area contributed by atoms with Crippen molar-refractivity contribution in [3.8, 4) is 5.69 Å². The molecule has 1 fully saturated rings. The molecule has 3 aromatic rings. The summed E-state index contributed by atoms with van der Waals surface area (Å²) in [4.78, 5) is 21.3. The maximum absolute atomic E-state index is 13.1. The van der Waals surface area contributed by atoms with Crippen LogP contribution >= 0.6 is 0 Å². The van der Waals surface area contributed by atoms with Gasteiger partial charge in [-0.2, -0.15) is 0 Å². The van der Waals surface area contributed by atoms with Gasteiger partial charge in [0.15, 0.2) is 0 Å². The quantitative estimate of drug-likeness (QED) is 0.601. The molecule has 0 unspecified atom stereocenters. The maximum atomic E-state index is 13.1. The molecule has 174 valence electrons. The van der Waals surface area contributed by atoms with Gasteiger partial charge >= 0.3 is 0 Å². The van der Waals surface area contributed by atoms with Crippen molar-refractivity contribution < 1.29 is 9.90 Å². The second-order valence-corrected chi connectivity index (χ2v) is 9.44. The van der Waals surface area contributed by atoms with Crippen LogP contribution in [0, 0.1) is 6.92 Å². The summed E-state index contributed by atoms with van der Waals surface area (Å²) in [5, 5.41) is 15.7. The van der Waals surface area contributed by atoms with Gasteiger partial charge in [-0.3, -0.25) is 9.69 Å². The SMILES string of the molecule is Cc1nc(C(=O)N(C)C[C@@]2(O)CCN(Cc3ccccc3)C2)nn1-c1ccccc1C(C)C. The second-order valence-electron chi connectivity index (χ2n) is 9.44. The van der Waals surface area contributed by atoms with E-state index in [1.165, 1.54) is 5.56 Å². The number of para-hydroxylation sites is 1. The largest absolute Gasteiger partial charge is 0.387 e. The lowest BCUT2D eigenvalue weighted by atomic mass is 10.0. The first-order valence-electron chi connectivity index (χ1n) is 11.5. The molecule has 0 aliphatic carbocycles.